The van der Waals surface area contributed by atoms with Gasteiger partial charge in [-0.05, 0) is 44.0 Å². The average Bonchev–Trinajstić information content (AvgIpc) is 2.52. The molecule has 0 bridgehead atoms. The van der Waals surface area contributed by atoms with Gasteiger partial charge in [-0.1, -0.05) is 25.4 Å². The summed E-state index contributed by atoms with van der Waals surface area (Å²) in [5.41, 5.74) is 5.23. The van der Waals surface area contributed by atoms with Crippen LogP contribution in [0.1, 0.15) is 33.6 Å². The van der Waals surface area contributed by atoms with Gasteiger partial charge in [-0.15, -0.1) is 0 Å². The molecule has 0 aliphatic carbocycles. The summed E-state index contributed by atoms with van der Waals surface area (Å²) in [4.78, 5) is 12.3. The van der Waals surface area contributed by atoms with E-state index in [-0.39, 0.29) is 4.90 Å². The Kier molecular flexibility index (Phi) is 7.01. The fourth-order valence-electron chi connectivity index (χ4n) is 2.10. The third-order valence-electron chi connectivity index (χ3n) is 3.98. The van der Waals surface area contributed by atoms with Crippen LogP contribution in [0.15, 0.2) is 29.2 Å². The van der Waals surface area contributed by atoms with Crippen molar-refractivity contribution >= 4 is 27.5 Å². The van der Waals surface area contributed by atoms with E-state index in [1.165, 1.54) is 31.2 Å². The van der Waals surface area contributed by atoms with E-state index >= 15 is 0 Å². The lowest BCUT2D eigenvalue weighted by molar-refractivity contribution is -0.124. The van der Waals surface area contributed by atoms with Gasteiger partial charge in [0.05, 0.1) is 16.5 Å². The van der Waals surface area contributed by atoms with Crippen molar-refractivity contribution in [3.8, 4) is 0 Å². The number of hydrogen-bond donors (Lipinski definition) is 3. The molecule has 0 saturated heterocycles. The lowest BCUT2D eigenvalue weighted by Crippen LogP contribution is -2.57. The smallest absolute Gasteiger partial charge is 0.241 e. The van der Waals surface area contributed by atoms with E-state index < -0.39 is 27.5 Å². The zero-order valence-electron chi connectivity index (χ0n) is 13.6. The molecule has 0 spiro atoms. The second-order valence-electron chi connectivity index (χ2n) is 5.48. The van der Waals surface area contributed by atoms with Crippen molar-refractivity contribution in [3.05, 3.63) is 29.3 Å². The molecule has 1 atom stereocenters. The first-order valence-electron chi connectivity index (χ1n) is 7.49. The van der Waals surface area contributed by atoms with E-state index in [0.717, 1.165) is 0 Å². The topological polar surface area (TPSA) is 101 Å². The third-order valence-corrected chi connectivity index (χ3v) is 5.79. The Balaban J connectivity index is 2.83. The molecule has 130 valence electrons. The summed E-state index contributed by atoms with van der Waals surface area (Å²) < 4.78 is 26.9. The average molecular weight is 362 g/mol. The first kappa shape index (κ1) is 19.9. The van der Waals surface area contributed by atoms with Crippen molar-refractivity contribution in [3.63, 3.8) is 0 Å². The van der Waals surface area contributed by atoms with Gasteiger partial charge in [0, 0.05) is 11.6 Å². The number of carbonyl (C=O) groups excluding carboxylic acids is 1. The molecule has 0 aromatic heterocycles. The van der Waals surface area contributed by atoms with Crippen LogP contribution < -0.4 is 15.8 Å². The maximum absolute atomic E-state index is 12.3. The Morgan fingerprint density at radius 2 is 1.78 bits per heavy atom. The van der Waals surface area contributed by atoms with Crippen LogP contribution in [0.5, 0.6) is 0 Å². The predicted molar refractivity (Wildman–Crippen MR) is 91.7 cm³/mol. The molecule has 1 unspecified atom stereocenters. The van der Waals surface area contributed by atoms with Crippen molar-refractivity contribution in [2.75, 3.05) is 6.54 Å². The minimum atomic E-state index is -3.80. The Labute approximate surface area is 142 Å². The van der Waals surface area contributed by atoms with Gasteiger partial charge in [-0.2, -0.15) is 4.72 Å². The molecule has 0 aliphatic rings. The largest absolute Gasteiger partial charge is 0.348 e. The van der Waals surface area contributed by atoms with Crippen molar-refractivity contribution in [1.82, 2.24) is 10.0 Å². The van der Waals surface area contributed by atoms with Crippen LogP contribution in [0.25, 0.3) is 0 Å². The Morgan fingerprint density at radius 1 is 1.26 bits per heavy atom. The quantitative estimate of drug-likeness (QED) is 0.655. The zero-order valence-corrected chi connectivity index (χ0v) is 15.2. The lowest BCUT2D eigenvalue weighted by atomic mass is 9.92. The Hall–Kier alpha value is -1.15. The number of amides is 1. The lowest BCUT2D eigenvalue weighted by Gasteiger charge is -2.32. The van der Waals surface area contributed by atoms with Gasteiger partial charge in [0.2, 0.25) is 15.9 Å². The van der Waals surface area contributed by atoms with Crippen LogP contribution in [-0.4, -0.2) is 32.5 Å². The number of carbonyl (C=O) groups is 1. The van der Waals surface area contributed by atoms with Gasteiger partial charge < -0.3 is 11.1 Å². The molecule has 0 aliphatic heterocycles. The standard InChI is InChI=1S/C15H24ClN3O3S/c1-4-15(5-2,10-17)18-14(20)11(3)19-23(21,22)13-8-6-12(16)7-9-13/h6-9,11,19H,4-5,10,17H2,1-3H3,(H,18,20). The third kappa shape index (κ3) is 5.17. The van der Waals surface area contributed by atoms with Crippen LogP contribution in [0, 0.1) is 0 Å². The number of nitrogens with one attached hydrogen (secondary N) is 2. The number of hydrogen-bond acceptors (Lipinski definition) is 4. The van der Waals surface area contributed by atoms with Crippen LogP contribution in [-0.2, 0) is 14.8 Å². The second-order valence-corrected chi connectivity index (χ2v) is 7.63. The first-order chi connectivity index (χ1) is 10.7. The molecule has 23 heavy (non-hydrogen) atoms. The summed E-state index contributed by atoms with van der Waals surface area (Å²) in [6, 6.07) is 4.82. The Bertz CT molecular complexity index is 620. The van der Waals surface area contributed by atoms with Crippen LogP contribution in [0.3, 0.4) is 0 Å². The van der Waals surface area contributed by atoms with Crippen molar-refractivity contribution in [1.29, 1.82) is 0 Å². The molecule has 1 amide bonds. The van der Waals surface area contributed by atoms with E-state index in [9.17, 15) is 13.2 Å². The minimum absolute atomic E-state index is 0.0534. The van der Waals surface area contributed by atoms with E-state index in [4.69, 9.17) is 17.3 Å². The molecular weight excluding hydrogens is 338 g/mol. The van der Waals surface area contributed by atoms with E-state index in [2.05, 4.69) is 10.0 Å². The monoisotopic (exact) mass is 361 g/mol. The van der Waals surface area contributed by atoms with E-state index in [1.54, 1.807) is 0 Å². The molecule has 6 nitrogen and oxygen atoms in total. The summed E-state index contributed by atoms with van der Waals surface area (Å²) in [5.74, 6) is -0.406. The molecular formula is C15H24ClN3O3S. The van der Waals surface area contributed by atoms with Crippen LogP contribution >= 0.6 is 11.6 Å². The van der Waals surface area contributed by atoms with Crippen molar-refractivity contribution in [2.45, 2.75) is 50.1 Å². The zero-order chi connectivity index (χ0) is 17.7. The maximum atomic E-state index is 12.3. The normalized spacial score (nSPS) is 13.6. The Morgan fingerprint density at radius 3 is 2.22 bits per heavy atom. The SMILES string of the molecule is CCC(CC)(CN)NC(=O)C(C)NS(=O)(=O)c1ccc(Cl)cc1. The fraction of sp³-hybridized carbons (Fsp3) is 0.533. The summed E-state index contributed by atoms with van der Waals surface area (Å²) in [5, 5.41) is 3.29. The molecule has 8 heteroatoms. The molecule has 1 aromatic rings. The van der Waals surface area contributed by atoms with E-state index in [1.807, 2.05) is 13.8 Å². The summed E-state index contributed by atoms with van der Waals surface area (Å²) in [7, 11) is -3.80. The molecule has 0 heterocycles. The first-order valence-corrected chi connectivity index (χ1v) is 9.36. The van der Waals surface area contributed by atoms with Gasteiger partial charge in [0.1, 0.15) is 0 Å². The summed E-state index contributed by atoms with van der Waals surface area (Å²) in [6.07, 6.45) is 1.34. The molecule has 1 rings (SSSR count). The number of benzene rings is 1. The molecule has 4 N–H and O–H groups in total. The predicted octanol–water partition coefficient (Wildman–Crippen LogP) is 1.64. The van der Waals surface area contributed by atoms with Gasteiger partial charge in [0.15, 0.2) is 0 Å². The highest BCUT2D eigenvalue weighted by atomic mass is 35.5. The number of rotatable bonds is 8. The molecule has 1 aromatic carbocycles. The fourth-order valence-corrected chi connectivity index (χ4v) is 3.43. The van der Waals surface area contributed by atoms with Crippen LogP contribution in [0.4, 0.5) is 0 Å². The highest BCUT2D eigenvalue weighted by Crippen LogP contribution is 2.16. The summed E-state index contributed by atoms with van der Waals surface area (Å²) in [6.45, 7) is 5.65. The number of nitrogens with two attached hydrogens (primary N) is 1. The highest BCUT2D eigenvalue weighted by Gasteiger charge is 2.30. The van der Waals surface area contributed by atoms with Gasteiger partial charge in [0.25, 0.3) is 0 Å². The second kappa shape index (κ2) is 8.10. The molecule has 0 radical (unpaired) electrons. The number of halogens is 1. The van der Waals surface area contributed by atoms with Gasteiger partial charge in [-0.3, -0.25) is 4.79 Å². The van der Waals surface area contributed by atoms with E-state index in [0.29, 0.717) is 24.4 Å². The highest BCUT2D eigenvalue weighted by molar-refractivity contribution is 7.89. The maximum Gasteiger partial charge on any atom is 0.241 e. The summed E-state index contributed by atoms with van der Waals surface area (Å²) >= 11 is 5.75. The van der Waals surface area contributed by atoms with Gasteiger partial charge in [-0.25, -0.2) is 8.42 Å². The number of sulfonamides is 1. The van der Waals surface area contributed by atoms with Crippen molar-refractivity contribution in [2.24, 2.45) is 5.73 Å². The van der Waals surface area contributed by atoms with Crippen LogP contribution in [0.2, 0.25) is 5.02 Å². The van der Waals surface area contributed by atoms with Crippen molar-refractivity contribution < 1.29 is 13.2 Å². The van der Waals surface area contributed by atoms with Gasteiger partial charge >= 0.3 is 0 Å². The minimum Gasteiger partial charge on any atom is -0.348 e. The molecule has 0 saturated carbocycles. The molecule has 0 fully saturated rings.